The number of thiophene rings is 1. The predicted molar refractivity (Wildman–Crippen MR) is 142 cm³/mol. The van der Waals surface area contributed by atoms with E-state index in [1.54, 1.807) is 4.90 Å². The molecule has 2 N–H and O–H groups in total. The van der Waals surface area contributed by atoms with Crippen LogP contribution in [0.3, 0.4) is 0 Å². The summed E-state index contributed by atoms with van der Waals surface area (Å²) in [5.74, 6) is 0.563. The summed E-state index contributed by atoms with van der Waals surface area (Å²) in [6.07, 6.45) is 1.07. The number of ketones is 1. The van der Waals surface area contributed by atoms with Gasteiger partial charge in [0.25, 0.3) is 0 Å². The number of nitrogens with zero attached hydrogens (tertiary/aromatic N) is 4. The number of thioether (sulfide) groups is 1. The zero-order valence-corrected chi connectivity index (χ0v) is 22.3. The molecule has 0 radical (unpaired) electrons. The van der Waals surface area contributed by atoms with Crippen LogP contribution in [0.1, 0.15) is 43.7 Å². The molecule has 1 aliphatic carbocycles. The Balaban J connectivity index is 1.55. The average molecular weight is 540 g/mol. The van der Waals surface area contributed by atoms with E-state index in [4.69, 9.17) is 17.3 Å². The van der Waals surface area contributed by atoms with E-state index in [1.165, 1.54) is 34.4 Å². The van der Waals surface area contributed by atoms with Gasteiger partial charge in [0.15, 0.2) is 10.1 Å². The van der Waals surface area contributed by atoms with Crippen molar-refractivity contribution < 1.29 is 4.79 Å². The van der Waals surface area contributed by atoms with Gasteiger partial charge in [-0.1, -0.05) is 66.7 Å². The molecule has 0 saturated heterocycles. The minimum Gasteiger partial charge on any atom is -0.384 e. The van der Waals surface area contributed by atoms with E-state index in [0.29, 0.717) is 45.7 Å². The molecule has 0 spiro atoms. The number of anilines is 1. The molecule has 1 aliphatic heterocycles. The van der Waals surface area contributed by atoms with Gasteiger partial charge in [0.05, 0.1) is 17.6 Å². The molecule has 0 saturated carbocycles. The highest BCUT2D eigenvalue weighted by molar-refractivity contribution is 8.00. The first-order valence-electron chi connectivity index (χ1n) is 11.0. The summed E-state index contributed by atoms with van der Waals surface area (Å²) in [7, 11) is 0. The number of nitrogens with two attached hydrogens (primary N) is 1. The van der Waals surface area contributed by atoms with Crippen molar-refractivity contribution in [2.75, 3.05) is 4.90 Å². The molecule has 178 valence electrons. The zero-order chi connectivity index (χ0) is 24.7. The number of rotatable bonds is 5. The van der Waals surface area contributed by atoms with Gasteiger partial charge in [-0.3, -0.25) is 9.69 Å². The number of halogens is 1. The Kier molecular flexibility index (Phi) is 6.49. The van der Waals surface area contributed by atoms with Gasteiger partial charge in [0, 0.05) is 28.5 Å². The second-order valence-electron chi connectivity index (χ2n) is 9.27. The van der Waals surface area contributed by atoms with Crippen molar-refractivity contribution in [3.8, 4) is 6.07 Å². The molecule has 3 heterocycles. The Morgan fingerprint density at radius 2 is 2.09 bits per heavy atom. The maximum Gasteiger partial charge on any atom is 0.219 e. The second kappa shape index (κ2) is 9.43. The fraction of sp³-hybridized carbons (Fsp3) is 0.280. The lowest BCUT2D eigenvalue weighted by Gasteiger charge is -2.42. The maximum absolute atomic E-state index is 13.5. The third-order valence-corrected chi connectivity index (χ3v) is 9.31. The first-order chi connectivity index (χ1) is 16.8. The smallest absolute Gasteiger partial charge is 0.219 e. The van der Waals surface area contributed by atoms with Gasteiger partial charge < -0.3 is 5.73 Å². The highest BCUT2D eigenvalue weighted by Gasteiger charge is 2.45. The zero-order valence-electron chi connectivity index (χ0n) is 19.1. The molecule has 10 heteroatoms. The molecule has 2 aromatic heterocycles. The normalized spacial score (nSPS) is 19.7. The number of hydrogen-bond donors (Lipinski definition) is 1. The summed E-state index contributed by atoms with van der Waals surface area (Å²) in [6, 6.07) is 12.0. The monoisotopic (exact) mass is 539 g/mol. The molecule has 0 bridgehead atoms. The second-order valence-corrected chi connectivity index (χ2v) is 12.6. The van der Waals surface area contributed by atoms with Gasteiger partial charge in [-0.05, 0) is 45.9 Å². The van der Waals surface area contributed by atoms with Crippen molar-refractivity contribution in [1.82, 2.24) is 10.2 Å². The Labute approximate surface area is 221 Å². The van der Waals surface area contributed by atoms with Gasteiger partial charge in [-0.15, -0.1) is 10.2 Å². The fourth-order valence-electron chi connectivity index (χ4n) is 4.61. The number of aromatic nitrogens is 2. The van der Waals surface area contributed by atoms with E-state index in [2.05, 4.69) is 30.1 Å². The number of carbonyl (C=O) groups is 1. The summed E-state index contributed by atoms with van der Waals surface area (Å²) in [6.45, 7) is 4.16. The number of benzene rings is 1. The molecule has 1 aromatic carbocycles. The standard InChI is InChI=1S/C25H22ClN5OS3/c1-25(2)9-18-21(19(32)10-25)20(15-7-8-33-12-15)16(11-27)22(28)31(18)23-29-30-24(35-23)34-13-14-5-3-4-6-17(14)26/h3-8,12,20H,9-10,13,28H2,1-2H3/t20-/m0/s1. The van der Waals surface area contributed by atoms with E-state index in [9.17, 15) is 10.1 Å². The highest BCUT2D eigenvalue weighted by atomic mass is 35.5. The van der Waals surface area contributed by atoms with Gasteiger partial charge in [-0.2, -0.15) is 16.6 Å². The van der Waals surface area contributed by atoms with Crippen LogP contribution in [0, 0.1) is 16.7 Å². The van der Waals surface area contributed by atoms with Gasteiger partial charge in [0.2, 0.25) is 5.13 Å². The number of Topliss-reactive ketones (excluding diaryl/α,β-unsaturated/α-hetero) is 1. The molecule has 0 amide bonds. The van der Waals surface area contributed by atoms with Crippen LogP contribution in [0.2, 0.25) is 5.02 Å². The van der Waals surface area contributed by atoms with Crippen LogP contribution in [0.25, 0.3) is 0 Å². The summed E-state index contributed by atoms with van der Waals surface area (Å²) >= 11 is 10.8. The Morgan fingerprint density at radius 3 is 2.80 bits per heavy atom. The summed E-state index contributed by atoms with van der Waals surface area (Å²) in [4.78, 5) is 15.3. The highest BCUT2D eigenvalue weighted by Crippen LogP contribution is 2.51. The fourth-order valence-corrected chi connectivity index (χ4v) is 7.46. The van der Waals surface area contributed by atoms with E-state index >= 15 is 0 Å². The van der Waals surface area contributed by atoms with Crippen molar-refractivity contribution in [2.45, 2.75) is 42.7 Å². The Bertz CT molecular complexity index is 1400. The van der Waals surface area contributed by atoms with Crippen molar-refractivity contribution in [1.29, 1.82) is 5.26 Å². The van der Waals surface area contributed by atoms with Crippen LogP contribution < -0.4 is 10.6 Å². The van der Waals surface area contributed by atoms with E-state index < -0.39 is 5.92 Å². The van der Waals surface area contributed by atoms with E-state index in [-0.39, 0.29) is 11.2 Å². The molecule has 3 aromatic rings. The van der Waals surface area contributed by atoms with Gasteiger partial charge >= 0.3 is 0 Å². The number of allylic oxidation sites excluding steroid dienone is 3. The lowest BCUT2D eigenvalue weighted by Crippen LogP contribution is -2.42. The molecule has 0 unspecified atom stereocenters. The van der Waals surface area contributed by atoms with Crippen molar-refractivity contribution >= 4 is 57.0 Å². The van der Waals surface area contributed by atoms with Crippen molar-refractivity contribution in [2.24, 2.45) is 11.1 Å². The van der Waals surface area contributed by atoms with Gasteiger partial charge in [-0.25, -0.2) is 0 Å². The minimum absolute atomic E-state index is 0.0514. The first kappa shape index (κ1) is 24.1. The molecule has 2 aliphatic rings. The number of hydrogen-bond acceptors (Lipinski definition) is 9. The van der Waals surface area contributed by atoms with E-state index in [1.807, 2.05) is 41.1 Å². The molecule has 35 heavy (non-hydrogen) atoms. The van der Waals surface area contributed by atoms with E-state index in [0.717, 1.165) is 21.2 Å². The largest absolute Gasteiger partial charge is 0.384 e. The van der Waals surface area contributed by atoms with Gasteiger partial charge in [0.1, 0.15) is 5.82 Å². The average Bonchev–Trinajstić information content (AvgIpc) is 3.49. The molecule has 0 fully saturated rings. The van der Waals surface area contributed by atoms with Crippen LogP contribution in [0.4, 0.5) is 5.13 Å². The van der Waals surface area contributed by atoms with Crippen LogP contribution >= 0.6 is 46.0 Å². The maximum atomic E-state index is 13.5. The predicted octanol–water partition coefficient (Wildman–Crippen LogP) is 6.49. The lowest BCUT2D eigenvalue weighted by molar-refractivity contribution is -0.118. The van der Waals surface area contributed by atoms with Crippen LogP contribution in [0.5, 0.6) is 0 Å². The summed E-state index contributed by atoms with van der Waals surface area (Å²) < 4.78 is 0.759. The Hall–Kier alpha value is -2.64. The summed E-state index contributed by atoms with van der Waals surface area (Å²) in [5.41, 5.74) is 10.2. The summed E-state index contributed by atoms with van der Waals surface area (Å²) in [5, 5.41) is 24.1. The van der Waals surface area contributed by atoms with Crippen molar-refractivity contribution in [3.05, 3.63) is 79.9 Å². The lowest BCUT2D eigenvalue weighted by atomic mass is 9.69. The number of carbonyl (C=O) groups excluding carboxylic acids is 1. The third kappa shape index (κ3) is 4.52. The first-order valence-corrected chi connectivity index (χ1v) is 14.1. The molecular weight excluding hydrogens is 518 g/mol. The quantitative estimate of drug-likeness (QED) is 0.370. The topological polar surface area (TPSA) is 95.9 Å². The Morgan fingerprint density at radius 1 is 1.29 bits per heavy atom. The van der Waals surface area contributed by atoms with Crippen molar-refractivity contribution in [3.63, 3.8) is 0 Å². The third-order valence-electron chi connectivity index (χ3n) is 6.15. The SMILES string of the molecule is CC1(C)CC(=O)C2=C(C1)N(c1nnc(SCc3ccccc3Cl)s1)C(N)=C(C#N)[C@@H]2c1ccsc1. The minimum atomic E-state index is -0.455. The molecular formula is C25H22ClN5OS3. The molecule has 5 rings (SSSR count). The molecule has 6 nitrogen and oxygen atoms in total. The van der Waals surface area contributed by atoms with Crippen LogP contribution in [-0.2, 0) is 10.5 Å². The molecule has 1 atom stereocenters. The number of nitriles is 1. The van der Waals surface area contributed by atoms with Crippen LogP contribution in [-0.4, -0.2) is 16.0 Å². The van der Waals surface area contributed by atoms with Crippen LogP contribution in [0.15, 0.2) is 68.1 Å².